The van der Waals surface area contributed by atoms with Crippen LogP contribution in [0.1, 0.15) is 10.4 Å². The highest BCUT2D eigenvalue weighted by Gasteiger charge is 2.20. The molecule has 0 aliphatic rings. The second-order valence-corrected chi connectivity index (χ2v) is 5.78. The Bertz CT molecular complexity index is 517. The van der Waals surface area contributed by atoms with Crippen molar-refractivity contribution in [3.05, 3.63) is 22.3 Å². The maximum absolute atomic E-state index is 12.4. The molecule has 0 fully saturated rings. The molecule has 6 nitrogen and oxygen atoms in total. The van der Waals surface area contributed by atoms with Gasteiger partial charge in [0.15, 0.2) is 0 Å². The van der Waals surface area contributed by atoms with Crippen molar-refractivity contribution in [2.75, 3.05) is 46.7 Å². The highest BCUT2D eigenvalue weighted by molar-refractivity contribution is 9.10. The van der Waals surface area contributed by atoms with E-state index in [4.69, 9.17) is 0 Å². The Morgan fingerprint density at radius 1 is 1.20 bits per heavy atom. The zero-order valence-electron chi connectivity index (χ0n) is 12.3. The lowest BCUT2D eigenvalue weighted by molar-refractivity contribution is -0.129. The van der Waals surface area contributed by atoms with Crippen molar-refractivity contribution < 1.29 is 9.59 Å². The van der Waals surface area contributed by atoms with Gasteiger partial charge in [-0.1, -0.05) is 0 Å². The Hall–Kier alpha value is -1.63. The molecule has 0 saturated heterocycles. The first-order chi connectivity index (χ1) is 9.23. The summed E-state index contributed by atoms with van der Waals surface area (Å²) < 4.78 is 0.721. The molecular formula is C13H19BrN4O2. The third kappa shape index (κ3) is 3.93. The molecule has 1 aromatic rings. The summed E-state index contributed by atoms with van der Waals surface area (Å²) in [5, 5.41) is 0. The average Bonchev–Trinajstić information content (AvgIpc) is 2.36. The number of hydrogen-bond acceptors (Lipinski definition) is 4. The molecule has 1 aromatic heterocycles. The van der Waals surface area contributed by atoms with Gasteiger partial charge in [0.25, 0.3) is 5.91 Å². The average molecular weight is 343 g/mol. The molecule has 1 rings (SSSR count). The van der Waals surface area contributed by atoms with Gasteiger partial charge in [0.05, 0.1) is 12.1 Å². The van der Waals surface area contributed by atoms with Crippen LogP contribution in [0.3, 0.4) is 0 Å². The fraction of sp³-hybridized carbons (Fsp3) is 0.462. The number of anilines is 1. The van der Waals surface area contributed by atoms with Crippen LogP contribution >= 0.6 is 15.9 Å². The predicted molar refractivity (Wildman–Crippen MR) is 81.9 cm³/mol. The molecule has 110 valence electrons. The van der Waals surface area contributed by atoms with Crippen LogP contribution in [0.2, 0.25) is 0 Å². The maximum Gasteiger partial charge on any atom is 0.257 e. The Morgan fingerprint density at radius 2 is 1.80 bits per heavy atom. The molecular weight excluding hydrogens is 324 g/mol. The van der Waals surface area contributed by atoms with E-state index in [1.165, 1.54) is 9.80 Å². The van der Waals surface area contributed by atoms with Gasteiger partial charge >= 0.3 is 0 Å². The molecule has 0 aliphatic heterocycles. The molecule has 1 heterocycles. The zero-order valence-corrected chi connectivity index (χ0v) is 13.9. The maximum atomic E-state index is 12.4. The minimum Gasteiger partial charge on any atom is -0.362 e. The van der Waals surface area contributed by atoms with E-state index < -0.39 is 0 Å². The van der Waals surface area contributed by atoms with Gasteiger partial charge in [0.1, 0.15) is 5.82 Å². The first kappa shape index (κ1) is 16.4. The van der Waals surface area contributed by atoms with Gasteiger partial charge in [-0.05, 0) is 22.0 Å². The minimum absolute atomic E-state index is 0.0330. The van der Waals surface area contributed by atoms with Gasteiger partial charge in [-0.2, -0.15) is 0 Å². The summed E-state index contributed by atoms with van der Waals surface area (Å²) in [7, 11) is 8.55. The predicted octanol–water partition coefficient (Wildman–Crippen LogP) is 1.07. The minimum atomic E-state index is -0.238. The van der Waals surface area contributed by atoms with Gasteiger partial charge in [0.2, 0.25) is 5.91 Å². The number of pyridine rings is 1. The molecule has 0 aliphatic carbocycles. The van der Waals surface area contributed by atoms with Crippen LogP contribution < -0.4 is 4.90 Å². The van der Waals surface area contributed by atoms with Crippen molar-refractivity contribution in [1.82, 2.24) is 14.8 Å². The van der Waals surface area contributed by atoms with Crippen molar-refractivity contribution in [3.63, 3.8) is 0 Å². The number of carbonyl (C=O) groups is 2. The number of carbonyl (C=O) groups excluding carboxylic acids is 2. The van der Waals surface area contributed by atoms with E-state index in [2.05, 4.69) is 20.9 Å². The number of nitrogens with zero attached hydrogens (tertiary/aromatic N) is 4. The first-order valence-electron chi connectivity index (χ1n) is 6.02. The summed E-state index contributed by atoms with van der Waals surface area (Å²) in [4.78, 5) is 33.0. The molecule has 7 heteroatoms. The molecule has 20 heavy (non-hydrogen) atoms. The van der Waals surface area contributed by atoms with E-state index in [0.717, 1.165) is 4.47 Å². The van der Waals surface area contributed by atoms with Crippen LogP contribution in [0.4, 0.5) is 5.82 Å². The van der Waals surface area contributed by atoms with Crippen molar-refractivity contribution >= 4 is 33.6 Å². The zero-order chi connectivity index (χ0) is 15.4. The van der Waals surface area contributed by atoms with Crippen LogP contribution in [-0.4, -0.2) is 68.4 Å². The Kier molecular flexibility index (Phi) is 5.50. The number of amides is 2. The summed E-state index contributed by atoms with van der Waals surface area (Å²) in [5.74, 6) is 0.204. The van der Waals surface area contributed by atoms with Crippen molar-refractivity contribution in [3.8, 4) is 0 Å². The molecule has 0 unspecified atom stereocenters. The molecule has 0 atom stereocenters. The third-order valence-corrected chi connectivity index (χ3v) is 3.14. The fourth-order valence-electron chi connectivity index (χ4n) is 1.57. The Labute approximate surface area is 127 Å². The molecule has 0 N–H and O–H groups in total. The number of likely N-dealkylation sites (N-methyl/N-ethyl adjacent to an activating group) is 2. The van der Waals surface area contributed by atoms with Crippen LogP contribution in [0, 0.1) is 0 Å². The van der Waals surface area contributed by atoms with E-state index >= 15 is 0 Å². The second-order valence-electron chi connectivity index (χ2n) is 4.87. The lowest BCUT2D eigenvalue weighted by atomic mass is 10.2. The third-order valence-electron chi connectivity index (χ3n) is 2.71. The first-order valence-corrected chi connectivity index (χ1v) is 6.81. The fourth-order valence-corrected chi connectivity index (χ4v) is 1.90. The topological polar surface area (TPSA) is 56.8 Å². The van der Waals surface area contributed by atoms with Crippen molar-refractivity contribution in [2.45, 2.75) is 0 Å². The molecule has 0 radical (unpaired) electrons. The summed E-state index contributed by atoms with van der Waals surface area (Å²) in [5.41, 5.74) is 0.457. The summed E-state index contributed by atoms with van der Waals surface area (Å²) in [6, 6.07) is 1.71. The van der Waals surface area contributed by atoms with Gasteiger partial charge in [-0.15, -0.1) is 0 Å². The lowest BCUT2D eigenvalue weighted by Gasteiger charge is -2.22. The van der Waals surface area contributed by atoms with E-state index in [1.54, 1.807) is 38.3 Å². The Balaban J connectivity index is 3.02. The monoisotopic (exact) mass is 342 g/mol. The molecule has 0 aromatic carbocycles. The largest absolute Gasteiger partial charge is 0.362 e. The molecule has 0 bridgehead atoms. The van der Waals surface area contributed by atoms with Crippen LogP contribution in [-0.2, 0) is 4.79 Å². The van der Waals surface area contributed by atoms with E-state index in [-0.39, 0.29) is 18.4 Å². The molecule has 2 amide bonds. The van der Waals surface area contributed by atoms with Crippen molar-refractivity contribution in [1.29, 1.82) is 0 Å². The number of aromatic nitrogens is 1. The summed E-state index contributed by atoms with van der Waals surface area (Å²) in [6.45, 7) is 0.0330. The van der Waals surface area contributed by atoms with Crippen molar-refractivity contribution in [2.24, 2.45) is 0 Å². The van der Waals surface area contributed by atoms with Gasteiger partial charge in [-0.25, -0.2) is 4.98 Å². The molecule has 0 spiro atoms. The number of rotatable bonds is 4. The standard InChI is InChI=1S/C13H19BrN4O2/c1-16(2)11(19)8-18(5)13(20)10-6-9(14)7-15-12(10)17(3)4/h6-7H,8H2,1-5H3. The second kappa shape index (κ2) is 6.69. The van der Waals surface area contributed by atoms with Gasteiger partial charge in [0, 0.05) is 45.9 Å². The summed E-state index contributed by atoms with van der Waals surface area (Å²) >= 11 is 3.31. The highest BCUT2D eigenvalue weighted by Crippen LogP contribution is 2.21. The van der Waals surface area contributed by atoms with E-state index in [1.807, 2.05) is 14.1 Å². The van der Waals surface area contributed by atoms with E-state index in [0.29, 0.717) is 11.4 Å². The summed E-state index contributed by atoms with van der Waals surface area (Å²) in [6.07, 6.45) is 1.64. The van der Waals surface area contributed by atoms with E-state index in [9.17, 15) is 9.59 Å². The van der Waals surface area contributed by atoms with Crippen LogP contribution in [0.15, 0.2) is 16.7 Å². The highest BCUT2D eigenvalue weighted by atomic mass is 79.9. The normalized spacial score (nSPS) is 10.1. The SMILES string of the molecule is CN(C)C(=O)CN(C)C(=O)c1cc(Br)cnc1N(C)C. The van der Waals surface area contributed by atoms with Crippen LogP contribution in [0.25, 0.3) is 0 Å². The smallest absolute Gasteiger partial charge is 0.257 e. The molecule has 0 saturated carbocycles. The number of halogens is 1. The Morgan fingerprint density at radius 3 is 2.30 bits per heavy atom. The quantitative estimate of drug-likeness (QED) is 0.821. The van der Waals surface area contributed by atoms with Gasteiger partial charge in [-0.3, -0.25) is 9.59 Å². The number of hydrogen-bond donors (Lipinski definition) is 0. The lowest BCUT2D eigenvalue weighted by Crippen LogP contribution is -2.38. The van der Waals surface area contributed by atoms with Crippen LogP contribution in [0.5, 0.6) is 0 Å². The van der Waals surface area contributed by atoms with Gasteiger partial charge < -0.3 is 14.7 Å².